The van der Waals surface area contributed by atoms with E-state index in [1.54, 1.807) is 31.5 Å². The van der Waals surface area contributed by atoms with Gasteiger partial charge in [-0.15, -0.1) is 0 Å². The molecule has 0 saturated heterocycles. The van der Waals surface area contributed by atoms with E-state index in [9.17, 15) is 4.79 Å². The summed E-state index contributed by atoms with van der Waals surface area (Å²) < 4.78 is 0. The third-order valence-electron chi connectivity index (χ3n) is 2.58. The van der Waals surface area contributed by atoms with Gasteiger partial charge in [0.25, 0.3) is 0 Å². The molecule has 2 heterocycles. The van der Waals surface area contributed by atoms with Gasteiger partial charge in [-0.2, -0.15) is 0 Å². The Balaban J connectivity index is 2.52. The largest absolute Gasteiger partial charge is 0.481 e. The molecule has 0 aromatic carbocycles. The van der Waals surface area contributed by atoms with Crippen LogP contribution in [0.4, 0.5) is 0 Å². The minimum Gasteiger partial charge on any atom is -0.481 e. The molecular formula is C13H12N2O2. The summed E-state index contributed by atoms with van der Waals surface area (Å²) in [5.74, 6) is -1.46. The standard InChI is InChI=1S/C13H12N2O2/c1-9(13(16)17)10-5-4-8-15-12(10)11-6-2-3-7-14-11/h2-9H,1H3,(H,16,17). The Hall–Kier alpha value is -2.23. The predicted octanol–water partition coefficient (Wildman–Crippen LogP) is 2.33. The highest BCUT2D eigenvalue weighted by Crippen LogP contribution is 2.25. The number of hydrogen-bond acceptors (Lipinski definition) is 3. The zero-order valence-electron chi connectivity index (χ0n) is 9.37. The second-order valence-corrected chi connectivity index (χ2v) is 3.72. The molecule has 0 saturated carbocycles. The number of aromatic nitrogens is 2. The zero-order valence-corrected chi connectivity index (χ0v) is 9.37. The molecule has 4 heteroatoms. The summed E-state index contributed by atoms with van der Waals surface area (Å²) in [5, 5.41) is 9.06. The summed E-state index contributed by atoms with van der Waals surface area (Å²) in [7, 11) is 0. The lowest BCUT2D eigenvalue weighted by Gasteiger charge is -2.11. The lowest BCUT2D eigenvalue weighted by Crippen LogP contribution is -2.09. The number of aliphatic carboxylic acids is 1. The van der Waals surface area contributed by atoms with Crippen molar-refractivity contribution in [2.24, 2.45) is 0 Å². The summed E-state index contributed by atoms with van der Waals surface area (Å²) in [4.78, 5) is 19.5. The maximum atomic E-state index is 11.0. The average molecular weight is 228 g/mol. The second kappa shape index (κ2) is 4.74. The van der Waals surface area contributed by atoms with Crippen LogP contribution in [0.5, 0.6) is 0 Å². The van der Waals surface area contributed by atoms with Gasteiger partial charge in [0, 0.05) is 12.4 Å². The number of carboxylic acids is 1. The summed E-state index contributed by atoms with van der Waals surface area (Å²) in [5.41, 5.74) is 2.00. The van der Waals surface area contributed by atoms with Crippen molar-refractivity contribution in [3.8, 4) is 11.4 Å². The van der Waals surface area contributed by atoms with Gasteiger partial charge in [-0.25, -0.2) is 0 Å². The maximum absolute atomic E-state index is 11.0. The first-order chi connectivity index (χ1) is 8.20. The van der Waals surface area contributed by atoms with Gasteiger partial charge in [0.05, 0.1) is 17.3 Å². The summed E-state index contributed by atoms with van der Waals surface area (Å²) in [6, 6.07) is 9.00. The lowest BCUT2D eigenvalue weighted by atomic mass is 9.98. The van der Waals surface area contributed by atoms with Crippen LogP contribution in [0.1, 0.15) is 18.4 Å². The summed E-state index contributed by atoms with van der Waals surface area (Å²) >= 11 is 0. The molecule has 86 valence electrons. The number of pyridine rings is 2. The highest BCUT2D eigenvalue weighted by Gasteiger charge is 2.19. The van der Waals surface area contributed by atoms with Crippen LogP contribution in [-0.2, 0) is 4.79 Å². The Labute approximate surface area is 99.0 Å². The van der Waals surface area contributed by atoms with Crippen molar-refractivity contribution < 1.29 is 9.90 Å². The van der Waals surface area contributed by atoms with Crippen LogP contribution < -0.4 is 0 Å². The molecule has 0 amide bonds. The fraction of sp³-hybridized carbons (Fsp3) is 0.154. The third-order valence-corrected chi connectivity index (χ3v) is 2.58. The molecule has 1 N–H and O–H groups in total. The Morgan fingerprint density at radius 3 is 2.59 bits per heavy atom. The number of rotatable bonds is 3. The molecule has 0 bridgehead atoms. The van der Waals surface area contributed by atoms with E-state index < -0.39 is 11.9 Å². The van der Waals surface area contributed by atoms with Gasteiger partial charge in [-0.3, -0.25) is 14.8 Å². The van der Waals surface area contributed by atoms with Crippen LogP contribution in [0.3, 0.4) is 0 Å². The van der Waals surface area contributed by atoms with E-state index in [2.05, 4.69) is 9.97 Å². The topological polar surface area (TPSA) is 63.1 Å². The minimum atomic E-state index is -0.866. The number of carbonyl (C=O) groups is 1. The predicted molar refractivity (Wildman–Crippen MR) is 63.5 cm³/mol. The van der Waals surface area contributed by atoms with Crippen molar-refractivity contribution >= 4 is 5.97 Å². The van der Waals surface area contributed by atoms with E-state index in [1.165, 1.54) is 0 Å². The van der Waals surface area contributed by atoms with Crippen LogP contribution >= 0.6 is 0 Å². The van der Waals surface area contributed by atoms with Gasteiger partial charge in [-0.05, 0) is 30.7 Å². The van der Waals surface area contributed by atoms with Gasteiger partial charge in [0.2, 0.25) is 0 Å². The van der Waals surface area contributed by atoms with Crippen molar-refractivity contribution in [1.82, 2.24) is 9.97 Å². The van der Waals surface area contributed by atoms with Crippen molar-refractivity contribution in [3.63, 3.8) is 0 Å². The lowest BCUT2D eigenvalue weighted by molar-refractivity contribution is -0.138. The molecule has 0 aliphatic rings. The Morgan fingerprint density at radius 2 is 1.94 bits per heavy atom. The van der Waals surface area contributed by atoms with Crippen LogP contribution in [0.2, 0.25) is 0 Å². The molecule has 1 unspecified atom stereocenters. The minimum absolute atomic E-state index is 0.597. The molecule has 4 nitrogen and oxygen atoms in total. The highest BCUT2D eigenvalue weighted by atomic mass is 16.4. The Bertz CT molecular complexity index is 526. The van der Waals surface area contributed by atoms with E-state index >= 15 is 0 Å². The fourth-order valence-electron chi connectivity index (χ4n) is 1.62. The monoisotopic (exact) mass is 228 g/mol. The zero-order chi connectivity index (χ0) is 12.3. The molecule has 0 spiro atoms. The van der Waals surface area contributed by atoms with Gasteiger partial charge >= 0.3 is 5.97 Å². The van der Waals surface area contributed by atoms with Gasteiger partial charge < -0.3 is 5.11 Å². The smallest absolute Gasteiger partial charge is 0.310 e. The van der Waals surface area contributed by atoms with Crippen LogP contribution in [0.25, 0.3) is 11.4 Å². The van der Waals surface area contributed by atoms with E-state index in [0.717, 1.165) is 0 Å². The Kier molecular flexibility index (Phi) is 3.14. The second-order valence-electron chi connectivity index (χ2n) is 3.72. The van der Waals surface area contributed by atoms with E-state index in [1.807, 2.05) is 18.2 Å². The molecule has 2 rings (SSSR count). The molecule has 0 fully saturated rings. The third kappa shape index (κ3) is 2.30. The molecular weight excluding hydrogens is 216 g/mol. The van der Waals surface area contributed by atoms with E-state index in [4.69, 9.17) is 5.11 Å². The van der Waals surface area contributed by atoms with E-state index in [-0.39, 0.29) is 0 Å². The first-order valence-electron chi connectivity index (χ1n) is 5.29. The number of hydrogen-bond donors (Lipinski definition) is 1. The Morgan fingerprint density at radius 1 is 1.18 bits per heavy atom. The SMILES string of the molecule is CC(C(=O)O)c1cccnc1-c1ccccn1. The summed E-state index contributed by atoms with van der Waals surface area (Å²) in [6.07, 6.45) is 3.31. The molecule has 2 aromatic rings. The molecule has 0 aliphatic carbocycles. The van der Waals surface area contributed by atoms with E-state index in [0.29, 0.717) is 17.0 Å². The average Bonchev–Trinajstić information content (AvgIpc) is 2.39. The van der Waals surface area contributed by atoms with Crippen LogP contribution in [0, 0.1) is 0 Å². The van der Waals surface area contributed by atoms with Crippen molar-refractivity contribution in [1.29, 1.82) is 0 Å². The fourth-order valence-corrected chi connectivity index (χ4v) is 1.62. The van der Waals surface area contributed by atoms with Crippen LogP contribution in [0.15, 0.2) is 42.7 Å². The first kappa shape index (κ1) is 11.3. The van der Waals surface area contributed by atoms with Crippen LogP contribution in [-0.4, -0.2) is 21.0 Å². The molecule has 17 heavy (non-hydrogen) atoms. The molecule has 1 atom stereocenters. The van der Waals surface area contributed by atoms with Crippen molar-refractivity contribution in [2.75, 3.05) is 0 Å². The number of carboxylic acid groups (broad SMARTS) is 1. The van der Waals surface area contributed by atoms with Gasteiger partial charge in [0.1, 0.15) is 0 Å². The first-order valence-corrected chi connectivity index (χ1v) is 5.29. The van der Waals surface area contributed by atoms with Crippen molar-refractivity contribution in [2.45, 2.75) is 12.8 Å². The quantitative estimate of drug-likeness (QED) is 0.875. The van der Waals surface area contributed by atoms with Gasteiger partial charge in [0.15, 0.2) is 0 Å². The molecule has 0 aliphatic heterocycles. The van der Waals surface area contributed by atoms with Gasteiger partial charge in [-0.1, -0.05) is 12.1 Å². The molecule has 0 radical (unpaired) electrons. The van der Waals surface area contributed by atoms with Crippen molar-refractivity contribution in [3.05, 3.63) is 48.3 Å². The maximum Gasteiger partial charge on any atom is 0.310 e. The highest BCUT2D eigenvalue weighted by molar-refractivity contribution is 5.78. The normalized spacial score (nSPS) is 12.1. The summed E-state index contributed by atoms with van der Waals surface area (Å²) in [6.45, 7) is 1.64. The number of nitrogens with zero attached hydrogens (tertiary/aromatic N) is 2. The molecule has 2 aromatic heterocycles.